The van der Waals surface area contributed by atoms with Crippen molar-refractivity contribution in [3.05, 3.63) is 73.1 Å². The quantitative estimate of drug-likeness (QED) is 0.551. The SMILES string of the molecule is O=C(NCc1cccc2ccccc12)N1CCN(c2cc(-n3cncn3)ncn2)CC1. The van der Waals surface area contributed by atoms with Gasteiger partial charge in [-0.3, -0.25) is 0 Å². The van der Waals surface area contributed by atoms with Crippen molar-refractivity contribution in [2.45, 2.75) is 6.54 Å². The van der Waals surface area contributed by atoms with Gasteiger partial charge in [0.25, 0.3) is 0 Å². The van der Waals surface area contributed by atoms with Crippen molar-refractivity contribution in [1.29, 1.82) is 0 Å². The highest BCUT2D eigenvalue weighted by Crippen LogP contribution is 2.19. The van der Waals surface area contributed by atoms with Crippen LogP contribution in [0.5, 0.6) is 0 Å². The van der Waals surface area contributed by atoms with E-state index >= 15 is 0 Å². The summed E-state index contributed by atoms with van der Waals surface area (Å²) >= 11 is 0. The summed E-state index contributed by atoms with van der Waals surface area (Å²) in [6, 6.07) is 16.2. The number of hydrogen-bond donors (Lipinski definition) is 1. The summed E-state index contributed by atoms with van der Waals surface area (Å²) in [7, 11) is 0. The largest absolute Gasteiger partial charge is 0.353 e. The van der Waals surface area contributed by atoms with Gasteiger partial charge in [-0.2, -0.15) is 5.10 Å². The first-order valence-electron chi connectivity index (χ1n) is 10.2. The standard InChI is InChI=1S/C22H22N8O/c31-22(24-13-18-6-3-5-17-4-1-2-7-19(17)18)29-10-8-28(9-11-29)20-12-21(26-15-25-20)30-16-23-14-27-30/h1-7,12,14-16H,8-11,13H2,(H,24,31). The number of piperazine rings is 1. The molecule has 9 heteroatoms. The van der Waals surface area contributed by atoms with Crippen LogP contribution in [-0.2, 0) is 6.54 Å². The molecule has 0 bridgehead atoms. The van der Waals surface area contributed by atoms with Crippen LogP contribution in [0, 0.1) is 0 Å². The lowest BCUT2D eigenvalue weighted by molar-refractivity contribution is 0.194. The van der Waals surface area contributed by atoms with E-state index in [4.69, 9.17) is 0 Å². The Hall–Kier alpha value is -4.01. The molecule has 0 aliphatic carbocycles. The van der Waals surface area contributed by atoms with Crippen LogP contribution in [0.25, 0.3) is 16.6 Å². The maximum atomic E-state index is 12.7. The molecule has 0 radical (unpaired) electrons. The Morgan fingerprint density at radius 1 is 0.935 bits per heavy atom. The number of rotatable bonds is 4. The summed E-state index contributed by atoms with van der Waals surface area (Å²) in [4.78, 5) is 29.3. The summed E-state index contributed by atoms with van der Waals surface area (Å²) < 4.78 is 1.60. The summed E-state index contributed by atoms with van der Waals surface area (Å²) in [5.41, 5.74) is 1.12. The second-order valence-corrected chi connectivity index (χ2v) is 7.35. The molecule has 0 saturated carbocycles. The number of amides is 2. The van der Waals surface area contributed by atoms with Crippen LogP contribution in [0.3, 0.4) is 0 Å². The number of carbonyl (C=O) groups excluding carboxylic acids is 1. The fourth-order valence-electron chi connectivity index (χ4n) is 3.83. The molecular weight excluding hydrogens is 392 g/mol. The van der Waals surface area contributed by atoms with Crippen LogP contribution in [0.2, 0.25) is 0 Å². The number of hydrogen-bond acceptors (Lipinski definition) is 6. The van der Waals surface area contributed by atoms with Crippen molar-refractivity contribution in [2.75, 3.05) is 31.1 Å². The lowest BCUT2D eigenvalue weighted by Crippen LogP contribution is -2.52. The summed E-state index contributed by atoms with van der Waals surface area (Å²) in [5, 5.41) is 9.52. The number of fused-ring (bicyclic) bond motifs is 1. The number of nitrogens with zero attached hydrogens (tertiary/aromatic N) is 7. The highest BCUT2D eigenvalue weighted by Gasteiger charge is 2.22. The molecule has 156 valence electrons. The monoisotopic (exact) mass is 414 g/mol. The van der Waals surface area contributed by atoms with E-state index in [1.54, 1.807) is 11.0 Å². The Balaban J connectivity index is 1.19. The second kappa shape index (κ2) is 8.39. The number of urea groups is 1. The molecule has 2 aromatic carbocycles. The third kappa shape index (κ3) is 4.02. The highest BCUT2D eigenvalue weighted by atomic mass is 16.2. The maximum absolute atomic E-state index is 12.7. The van der Waals surface area contributed by atoms with Gasteiger partial charge in [0.05, 0.1) is 0 Å². The number of carbonyl (C=O) groups is 1. The van der Waals surface area contributed by atoms with Gasteiger partial charge < -0.3 is 15.1 Å². The van der Waals surface area contributed by atoms with E-state index in [0.717, 1.165) is 11.4 Å². The number of aromatic nitrogens is 5. The first kappa shape index (κ1) is 19.0. The van der Waals surface area contributed by atoms with Crippen molar-refractivity contribution in [3.63, 3.8) is 0 Å². The number of anilines is 1. The van der Waals surface area contributed by atoms with E-state index in [1.165, 1.54) is 23.4 Å². The Morgan fingerprint density at radius 2 is 1.74 bits per heavy atom. The van der Waals surface area contributed by atoms with Crippen LogP contribution < -0.4 is 10.2 Å². The van der Waals surface area contributed by atoms with E-state index in [2.05, 4.69) is 54.5 Å². The molecule has 1 aliphatic heterocycles. The third-order valence-electron chi connectivity index (χ3n) is 5.49. The minimum Gasteiger partial charge on any atom is -0.353 e. The summed E-state index contributed by atoms with van der Waals surface area (Å²) in [6.07, 6.45) is 4.59. The van der Waals surface area contributed by atoms with E-state index in [9.17, 15) is 4.79 Å². The molecule has 2 amide bonds. The fraction of sp³-hybridized carbons (Fsp3) is 0.227. The van der Waals surface area contributed by atoms with Crippen molar-refractivity contribution in [1.82, 2.24) is 34.9 Å². The van der Waals surface area contributed by atoms with Gasteiger partial charge in [0.1, 0.15) is 24.8 Å². The Bertz CT molecular complexity index is 1180. The van der Waals surface area contributed by atoms with E-state index < -0.39 is 0 Å². The molecule has 1 aliphatic rings. The smallest absolute Gasteiger partial charge is 0.317 e. The lowest BCUT2D eigenvalue weighted by Gasteiger charge is -2.35. The van der Waals surface area contributed by atoms with Gasteiger partial charge in [-0.25, -0.2) is 24.4 Å². The van der Waals surface area contributed by atoms with Crippen LogP contribution in [0.1, 0.15) is 5.56 Å². The average Bonchev–Trinajstić information content (AvgIpc) is 3.38. The molecule has 4 aromatic rings. The molecule has 31 heavy (non-hydrogen) atoms. The molecule has 2 aromatic heterocycles. The van der Waals surface area contributed by atoms with Crippen LogP contribution in [-0.4, -0.2) is 61.8 Å². The Morgan fingerprint density at radius 3 is 2.58 bits per heavy atom. The lowest BCUT2D eigenvalue weighted by atomic mass is 10.0. The van der Waals surface area contributed by atoms with Gasteiger partial charge in [-0.1, -0.05) is 42.5 Å². The third-order valence-corrected chi connectivity index (χ3v) is 5.49. The zero-order valence-electron chi connectivity index (χ0n) is 16.9. The summed E-state index contributed by atoms with van der Waals surface area (Å²) in [6.45, 7) is 3.17. The molecule has 1 saturated heterocycles. The minimum atomic E-state index is -0.0430. The van der Waals surface area contributed by atoms with Crippen LogP contribution in [0.15, 0.2) is 67.5 Å². The van der Waals surface area contributed by atoms with Crippen molar-refractivity contribution in [3.8, 4) is 5.82 Å². The normalized spacial score (nSPS) is 14.1. The topological polar surface area (TPSA) is 92.1 Å². The molecule has 1 fully saturated rings. The van der Waals surface area contributed by atoms with Gasteiger partial charge in [0.2, 0.25) is 0 Å². The maximum Gasteiger partial charge on any atom is 0.317 e. The van der Waals surface area contributed by atoms with Crippen LogP contribution >= 0.6 is 0 Å². The minimum absolute atomic E-state index is 0.0430. The Kier molecular flexibility index (Phi) is 5.14. The first-order valence-corrected chi connectivity index (χ1v) is 10.2. The van der Waals surface area contributed by atoms with E-state index in [0.29, 0.717) is 38.5 Å². The van der Waals surface area contributed by atoms with Crippen LogP contribution in [0.4, 0.5) is 10.6 Å². The van der Waals surface area contributed by atoms with E-state index in [-0.39, 0.29) is 6.03 Å². The van der Waals surface area contributed by atoms with Crippen molar-refractivity contribution < 1.29 is 4.79 Å². The predicted octanol–water partition coefficient (Wildman–Crippen LogP) is 2.24. The molecular formula is C22H22N8O. The molecule has 3 heterocycles. The molecule has 1 N–H and O–H groups in total. The molecule has 5 rings (SSSR count). The number of nitrogens with one attached hydrogen (secondary N) is 1. The zero-order valence-corrected chi connectivity index (χ0v) is 16.9. The number of benzene rings is 2. The van der Waals surface area contributed by atoms with E-state index in [1.807, 2.05) is 29.2 Å². The van der Waals surface area contributed by atoms with Gasteiger partial charge in [-0.05, 0) is 16.3 Å². The second-order valence-electron chi connectivity index (χ2n) is 7.35. The fourth-order valence-corrected chi connectivity index (χ4v) is 3.83. The molecule has 9 nitrogen and oxygen atoms in total. The van der Waals surface area contributed by atoms with Gasteiger partial charge in [-0.15, -0.1) is 0 Å². The van der Waals surface area contributed by atoms with Gasteiger partial charge in [0.15, 0.2) is 5.82 Å². The Labute approximate surface area is 179 Å². The predicted molar refractivity (Wildman–Crippen MR) is 117 cm³/mol. The van der Waals surface area contributed by atoms with Gasteiger partial charge >= 0.3 is 6.03 Å². The molecule has 0 atom stereocenters. The summed E-state index contributed by atoms with van der Waals surface area (Å²) in [5.74, 6) is 1.48. The zero-order chi connectivity index (χ0) is 21.0. The van der Waals surface area contributed by atoms with Crippen molar-refractivity contribution >= 4 is 22.6 Å². The first-order chi connectivity index (χ1) is 15.3. The average molecular weight is 414 g/mol. The molecule has 0 unspecified atom stereocenters. The highest BCUT2D eigenvalue weighted by molar-refractivity contribution is 5.86. The van der Waals surface area contributed by atoms with Gasteiger partial charge in [0, 0.05) is 38.8 Å². The van der Waals surface area contributed by atoms with Crippen molar-refractivity contribution in [2.24, 2.45) is 0 Å². The molecule has 0 spiro atoms.